The molecule has 7 nitrogen and oxygen atoms in total. The summed E-state index contributed by atoms with van der Waals surface area (Å²) in [6.45, 7) is 2.08. The molecule has 0 amide bonds. The molecule has 1 aromatic heterocycles. The normalized spacial score (nSPS) is 15.9. The van der Waals surface area contributed by atoms with Crippen LogP contribution in [0.3, 0.4) is 0 Å². The van der Waals surface area contributed by atoms with Crippen molar-refractivity contribution in [2.24, 2.45) is 0 Å². The molecule has 1 atom stereocenters. The first-order chi connectivity index (χ1) is 15.4. The van der Waals surface area contributed by atoms with Crippen molar-refractivity contribution in [3.8, 4) is 11.1 Å². The number of rotatable bonds is 7. The number of hydrogen-bond donors (Lipinski definition) is 1. The highest BCUT2D eigenvalue weighted by molar-refractivity contribution is 7.89. The summed E-state index contributed by atoms with van der Waals surface area (Å²) in [5, 5.41) is 4.92. The third-order valence-electron chi connectivity index (χ3n) is 5.47. The van der Waals surface area contributed by atoms with Crippen LogP contribution in [0.2, 0.25) is 5.02 Å². The highest BCUT2D eigenvalue weighted by Crippen LogP contribution is 2.31. The second-order valence-corrected chi connectivity index (χ2v) is 9.76. The van der Waals surface area contributed by atoms with E-state index in [-0.39, 0.29) is 17.4 Å². The number of carbonyl (C=O) groups excluding carboxylic acids is 1. The van der Waals surface area contributed by atoms with Gasteiger partial charge in [-0.25, -0.2) is 13.1 Å². The van der Waals surface area contributed by atoms with E-state index in [0.717, 1.165) is 35.2 Å². The molecule has 1 aliphatic rings. The van der Waals surface area contributed by atoms with Crippen LogP contribution in [-0.4, -0.2) is 30.8 Å². The molecule has 1 heterocycles. The average Bonchev–Trinajstić information content (AvgIpc) is 3.17. The summed E-state index contributed by atoms with van der Waals surface area (Å²) in [6, 6.07) is 13.7. The Balaban J connectivity index is 1.52. The number of nitrogens with one attached hydrogen (secondary N) is 1. The van der Waals surface area contributed by atoms with E-state index >= 15 is 0 Å². The van der Waals surface area contributed by atoms with Crippen LogP contribution in [-0.2, 0) is 32.5 Å². The maximum Gasteiger partial charge on any atom is 0.327 e. The lowest BCUT2D eigenvalue weighted by Gasteiger charge is -2.24. The fourth-order valence-corrected chi connectivity index (χ4v) is 5.40. The van der Waals surface area contributed by atoms with Gasteiger partial charge in [0.05, 0.1) is 23.7 Å². The molecule has 2 aromatic carbocycles. The summed E-state index contributed by atoms with van der Waals surface area (Å²) in [5.41, 5.74) is 3.47. The highest BCUT2D eigenvalue weighted by atomic mass is 35.5. The minimum Gasteiger partial charge on any atom is -0.465 e. The lowest BCUT2D eigenvalue weighted by Crippen LogP contribution is -2.31. The predicted octanol–water partition coefficient (Wildman–Crippen LogP) is 4.12. The van der Waals surface area contributed by atoms with E-state index in [1.54, 1.807) is 48.1 Å². The van der Waals surface area contributed by atoms with Crippen molar-refractivity contribution in [3.63, 3.8) is 0 Å². The van der Waals surface area contributed by atoms with Gasteiger partial charge in [-0.3, -0.25) is 9.48 Å². The van der Waals surface area contributed by atoms with Crippen LogP contribution >= 0.6 is 11.6 Å². The van der Waals surface area contributed by atoms with Crippen LogP contribution in [0.1, 0.15) is 37.1 Å². The second kappa shape index (κ2) is 9.44. The maximum absolute atomic E-state index is 13.0. The van der Waals surface area contributed by atoms with Crippen LogP contribution in [0, 0.1) is 0 Å². The first-order valence-corrected chi connectivity index (χ1v) is 12.3. The summed E-state index contributed by atoms with van der Waals surface area (Å²) in [6.07, 6.45) is 3.84. The molecule has 4 rings (SSSR count). The fraction of sp³-hybridized carbons (Fsp3) is 0.304. The van der Waals surface area contributed by atoms with E-state index in [1.807, 2.05) is 18.2 Å². The molecule has 0 saturated heterocycles. The molecule has 1 unspecified atom stereocenters. The number of carbonyl (C=O) groups is 1. The van der Waals surface area contributed by atoms with Crippen molar-refractivity contribution in [2.45, 2.75) is 43.7 Å². The summed E-state index contributed by atoms with van der Waals surface area (Å²) >= 11 is 6.06. The highest BCUT2D eigenvalue weighted by Gasteiger charge is 2.29. The lowest BCUT2D eigenvalue weighted by molar-refractivity contribution is -0.144. The van der Waals surface area contributed by atoms with Crippen molar-refractivity contribution in [3.05, 3.63) is 71.0 Å². The molecular formula is C23H24ClN3O4S. The number of nitrogens with zero attached hydrogens (tertiary/aromatic N) is 2. The molecule has 0 fully saturated rings. The van der Waals surface area contributed by atoms with E-state index < -0.39 is 16.1 Å². The van der Waals surface area contributed by atoms with E-state index in [2.05, 4.69) is 9.82 Å². The zero-order valence-electron chi connectivity index (χ0n) is 17.6. The Morgan fingerprint density at radius 3 is 2.72 bits per heavy atom. The third-order valence-corrected chi connectivity index (χ3v) is 7.19. The number of aromatic nitrogens is 2. The molecule has 9 heteroatoms. The average molecular weight is 474 g/mol. The van der Waals surface area contributed by atoms with E-state index in [0.29, 0.717) is 18.1 Å². The molecule has 1 N–H and O–H groups in total. The lowest BCUT2D eigenvalue weighted by atomic mass is 9.94. The van der Waals surface area contributed by atoms with Gasteiger partial charge in [-0.05, 0) is 61.6 Å². The molecule has 0 saturated carbocycles. The Kier molecular flexibility index (Phi) is 6.64. The molecule has 0 bridgehead atoms. The Morgan fingerprint density at radius 2 is 2.00 bits per heavy atom. The number of sulfonamides is 1. The van der Waals surface area contributed by atoms with Crippen molar-refractivity contribution < 1.29 is 17.9 Å². The van der Waals surface area contributed by atoms with Crippen LogP contribution in [0.15, 0.2) is 59.6 Å². The van der Waals surface area contributed by atoms with E-state index in [9.17, 15) is 13.2 Å². The van der Waals surface area contributed by atoms with Crippen LogP contribution < -0.4 is 4.72 Å². The largest absolute Gasteiger partial charge is 0.465 e. The third kappa shape index (κ3) is 4.87. The zero-order chi connectivity index (χ0) is 22.7. The Bertz CT molecular complexity index is 1220. The van der Waals surface area contributed by atoms with Crippen LogP contribution in [0.25, 0.3) is 11.1 Å². The van der Waals surface area contributed by atoms with Gasteiger partial charge in [-0.2, -0.15) is 5.10 Å². The van der Waals surface area contributed by atoms with Crippen LogP contribution in [0.5, 0.6) is 0 Å². The van der Waals surface area contributed by atoms with Gasteiger partial charge in [0.25, 0.3) is 0 Å². The molecule has 0 spiro atoms. The van der Waals surface area contributed by atoms with Crippen molar-refractivity contribution in [2.75, 3.05) is 6.61 Å². The first kappa shape index (κ1) is 22.5. The van der Waals surface area contributed by atoms with Gasteiger partial charge in [0.1, 0.15) is 6.54 Å². The maximum atomic E-state index is 13.0. The number of benzene rings is 2. The molecule has 0 radical (unpaired) electrons. The SMILES string of the molecule is CCOC(=O)Cn1ncc2c1CCCC2NS(=O)(=O)c1ccc(-c2cccc(Cl)c2)cc1. The Labute approximate surface area is 192 Å². The Hall–Kier alpha value is -2.68. The molecule has 168 valence electrons. The number of ether oxygens (including phenoxy) is 1. The van der Waals surface area contributed by atoms with Gasteiger partial charge in [-0.15, -0.1) is 0 Å². The summed E-state index contributed by atoms with van der Waals surface area (Å²) in [4.78, 5) is 12.0. The quantitative estimate of drug-likeness (QED) is 0.521. The number of esters is 1. The van der Waals surface area contributed by atoms with Crippen molar-refractivity contribution in [1.82, 2.24) is 14.5 Å². The van der Waals surface area contributed by atoms with Gasteiger partial charge < -0.3 is 4.74 Å². The van der Waals surface area contributed by atoms with Gasteiger partial charge in [0, 0.05) is 16.3 Å². The second-order valence-electron chi connectivity index (χ2n) is 7.61. The van der Waals surface area contributed by atoms with Crippen molar-refractivity contribution in [1.29, 1.82) is 0 Å². The molecule has 0 aliphatic heterocycles. The summed E-state index contributed by atoms with van der Waals surface area (Å²) in [7, 11) is -3.74. The number of halogens is 1. The minimum atomic E-state index is -3.74. The monoisotopic (exact) mass is 473 g/mol. The minimum absolute atomic E-state index is 0.0214. The number of hydrogen-bond acceptors (Lipinski definition) is 5. The topological polar surface area (TPSA) is 90.3 Å². The van der Waals surface area contributed by atoms with Gasteiger partial charge >= 0.3 is 5.97 Å². The molecule has 3 aromatic rings. The van der Waals surface area contributed by atoms with Gasteiger partial charge in [-0.1, -0.05) is 35.9 Å². The molecule has 1 aliphatic carbocycles. The zero-order valence-corrected chi connectivity index (χ0v) is 19.2. The molecular weight excluding hydrogens is 450 g/mol. The Morgan fingerprint density at radius 1 is 1.22 bits per heavy atom. The standard InChI is InChI=1S/C23H24ClN3O4S/c1-2-31-23(28)15-27-22-8-4-7-21(20(22)14-25-27)26-32(29,30)19-11-9-16(10-12-19)17-5-3-6-18(24)13-17/h3,5-6,9-14,21,26H,2,4,7-8,15H2,1H3. The smallest absolute Gasteiger partial charge is 0.327 e. The summed E-state index contributed by atoms with van der Waals surface area (Å²) in [5.74, 6) is -0.360. The van der Waals surface area contributed by atoms with Gasteiger partial charge in [0.2, 0.25) is 10.0 Å². The van der Waals surface area contributed by atoms with Crippen LogP contribution in [0.4, 0.5) is 0 Å². The van der Waals surface area contributed by atoms with Gasteiger partial charge in [0.15, 0.2) is 0 Å². The first-order valence-electron chi connectivity index (χ1n) is 10.5. The fourth-order valence-electron chi connectivity index (χ4n) is 3.96. The predicted molar refractivity (Wildman–Crippen MR) is 122 cm³/mol. The molecule has 32 heavy (non-hydrogen) atoms. The number of fused-ring (bicyclic) bond motifs is 1. The van der Waals surface area contributed by atoms with E-state index in [1.165, 1.54) is 0 Å². The van der Waals surface area contributed by atoms with Crippen molar-refractivity contribution >= 4 is 27.6 Å². The van der Waals surface area contributed by atoms with E-state index in [4.69, 9.17) is 16.3 Å². The summed E-state index contributed by atoms with van der Waals surface area (Å²) < 4.78 is 35.5.